The largest absolute Gasteiger partial charge is 0.399 e. The van der Waals surface area contributed by atoms with E-state index < -0.39 is 10.0 Å². The number of halogens is 1. The Balaban J connectivity index is 3.35. The zero-order valence-electron chi connectivity index (χ0n) is 10.4. The molecule has 0 saturated heterocycles. The molecule has 0 aliphatic heterocycles. The van der Waals surface area contributed by atoms with E-state index in [9.17, 15) is 8.42 Å². The van der Waals surface area contributed by atoms with Gasteiger partial charge in [0.15, 0.2) is 0 Å². The van der Waals surface area contributed by atoms with Crippen LogP contribution in [0.25, 0.3) is 0 Å². The van der Waals surface area contributed by atoms with Crippen LogP contribution in [0.15, 0.2) is 35.7 Å². The topological polar surface area (TPSA) is 63.4 Å². The normalized spacial score (nSPS) is 12.1. The Morgan fingerprint density at radius 2 is 2.11 bits per heavy atom. The molecule has 0 amide bonds. The van der Waals surface area contributed by atoms with Crippen LogP contribution in [0.4, 0.5) is 5.69 Å². The second-order valence-corrected chi connectivity index (χ2v) is 6.41. The molecule has 1 rings (SSSR count). The van der Waals surface area contributed by atoms with Gasteiger partial charge in [-0.3, -0.25) is 0 Å². The number of sulfonamides is 1. The number of anilines is 1. The molecule has 4 nitrogen and oxygen atoms in total. The van der Waals surface area contributed by atoms with Gasteiger partial charge in [-0.2, -0.15) is 4.31 Å². The third-order valence-corrected chi connectivity index (χ3v) is 4.95. The van der Waals surface area contributed by atoms with Crippen LogP contribution in [0, 0.1) is 0 Å². The van der Waals surface area contributed by atoms with Crippen molar-refractivity contribution in [1.29, 1.82) is 0 Å². The van der Waals surface area contributed by atoms with Crippen LogP contribution in [0.3, 0.4) is 0 Å². The van der Waals surface area contributed by atoms with Crippen molar-refractivity contribution in [3.8, 4) is 0 Å². The van der Waals surface area contributed by atoms with Crippen molar-refractivity contribution in [2.45, 2.75) is 24.8 Å². The van der Waals surface area contributed by atoms with Gasteiger partial charge in [0.05, 0.1) is 5.02 Å². The molecule has 2 N–H and O–H groups in total. The molecular formula is C12H17ClN2O2S. The predicted molar refractivity (Wildman–Crippen MR) is 75.1 cm³/mol. The molecule has 0 heterocycles. The number of nitrogens with zero attached hydrogens (tertiary/aromatic N) is 1. The van der Waals surface area contributed by atoms with Gasteiger partial charge in [0.2, 0.25) is 10.0 Å². The van der Waals surface area contributed by atoms with E-state index in [1.165, 1.54) is 22.5 Å². The Hall–Kier alpha value is -1.04. The van der Waals surface area contributed by atoms with Gasteiger partial charge < -0.3 is 5.73 Å². The number of nitrogens with two attached hydrogens (primary N) is 1. The maximum atomic E-state index is 12.5. The van der Waals surface area contributed by atoms with Gasteiger partial charge in [0.1, 0.15) is 4.90 Å². The molecule has 0 radical (unpaired) electrons. The SMILES string of the molecule is C=CCN(C(C)C)S(=O)(=O)c1cc(N)ccc1Cl. The van der Waals surface area contributed by atoms with E-state index in [0.29, 0.717) is 5.69 Å². The zero-order chi connectivity index (χ0) is 13.9. The van der Waals surface area contributed by atoms with Crippen LogP contribution in [0.2, 0.25) is 5.02 Å². The molecule has 0 spiro atoms. The Bertz CT molecular complexity index is 541. The maximum absolute atomic E-state index is 12.5. The van der Waals surface area contributed by atoms with Crippen LogP contribution in [0.1, 0.15) is 13.8 Å². The lowest BCUT2D eigenvalue weighted by atomic mass is 10.3. The summed E-state index contributed by atoms with van der Waals surface area (Å²) < 4.78 is 26.3. The summed E-state index contributed by atoms with van der Waals surface area (Å²) in [6.07, 6.45) is 1.54. The summed E-state index contributed by atoms with van der Waals surface area (Å²) >= 11 is 5.94. The number of hydrogen-bond donors (Lipinski definition) is 1. The first-order chi connectivity index (χ1) is 8.30. The lowest BCUT2D eigenvalue weighted by Crippen LogP contribution is -2.37. The lowest BCUT2D eigenvalue weighted by molar-refractivity contribution is 0.383. The number of hydrogen-bond acceptors (Lipinski definition) is 3. The van der Waals surface area contributed by atoms with Crippen molar-refractivity contribution in [3.63, 3.8) is 0 Å². The highest BCUT2D eigenvalue weighted by molar-refractivity contribution is 7.89. The Kier molecular flexibility index (Phi) is 4.78. The van der Waals surface area contributed by atoms with E-state index >= 15 is 0 Å². The van der Waals surface area contributed by atoms with Gasteiger partial charge in [0.25, 0.3) is 0 Å². The molecule has 0 aromatic heterocycles. The zero-order valence-corrected chi connectivity index (χ0v) is 12.0. The molecule has 1 aromatic carbocycles. The predicted octanol–water partition coefficient (Wildman–Crippen LogP) is 2.51. The van der Waals surface area contributed by atoms with Crippen LogP contribution in [-0.4, -0.2) is 25.3 Å². The van der Waals surface area contributed by atoms with E-state index in [4.69, 9.17) is 17.3 Å². The van der Waals surface area contributed by atoms with Crippen LogP contribution in [0.5, 0.6) is 0 Å². The fraction of sp³-hybridized carbons (Fsp3) is 0.333. The van der Waals surface area contributed by atoms with Gasteiger partial charge in [-0.05, 0) is 32.0 Å². The van der Waals surface area contributed by atoms with Gasteiger partial charge in [-0.1, -0.05) is 17.7 Å². The minimum atomic E-state index is -3.67. The molecule has 0 fully saturated rings. The molecule has 0 bridgehead atoms. The van der Waals surface area contributed by atoms with Gasteiger partial charge in [-0.25, -0.2) is 8.42 Å². The molecule has 6 heteroatoms. The molecule has 0 aliphatic carbocycles. The summed E-state index contributed by atoms with van der Waals surface area (Å²) in [6.45, 7) is 7.38. The number of rotatable bonds is 5. The first-order valence-corrected chi connectivity index (χ1v) is 7.30. The highest BCUT2D eigenvalue weighted by Gasteiger charge is 2.28. The van der Waals surface area contributed by atoms with Gasteiger partial charge >= 0.3 is 0 Å². The quantitative estimate of drug-likeness (QED) is 0.669. The summed E-state index contributed by atoms with van der Waals surface area (Å²) in [5.74, 6) is 0. The van der Waals surface area contributed by atoms with E-state index in [0.717, 1.165) is 0 Å². The van der Waals surface area contributed by atoms with E-state index in [1.807, 2.05) is 0 Å². The van der Waals surface area contributed by atoms with Crippen molar-refractivity contribution in [3.05, 3.63) is 35.9 Å². The average molecular weight is 289 g/mol. The molecule has 0 saturated carbocycles. The third kappa shape index (κ3) is 3.04. The molecule has 18 heavy (non-hydrogen) atoms. The standard InChI is InChI=1S/C12H17ClN2O2S/c1-4-7-15(9(2)3)18(16,17)12-8-10(14)5-6-11(12)13/h4-6,8-9H,1,7,14H2,2-3H3. The van der Waals surface area contributed by atoms with Crippen molar-refractivity contribution < 1.29 is 8.42 Å². The monoisotopic (exact) mass is 288 g/mol. The molecule has 0 atom stereocenters. The van der Waals surface area contributed by atoms with E-state index in [-0.39, 0.29) is 22.5 Å². The molecule has 0 unspecified atom stereocenters. The van der Waals surface area contributed by atoms with E-state index in [2.05, 4.69) is 6.58 Å². The summed E-state index contributed by atoms with van der Waals surface area (Å²) in [5, 5.41) is 0.166. The fourth-order valence-corrected chi connectivity index (χ4v) is 3.68. The highest BCUT2D eigenvalue weighted by Crippen LogP contribution is 2.27. The molecular weight excluding hydrogens is 272 g/mol. The lowest BCUT2D eigenvalue weighted by Gasteiger charge is -2.25. The van der Waals surface area contributed by atoms with Crippen LogP contribution < -0.4 is 5.73 Å². The Morgan fingerprint density at radius 3 is 2.61 bits per heavy atom. The maximum Gasteiger partial charge on any atom is 0.245 e. The smallest absolute Gasteiger partial charge is 0.245 e. The second kappa shape index (κ2) is 5.73. The highest BCUT2D eigenvalue weighted by atomic mass is 35.5. The minimum absolute atomic E-state index is 0.0275. The van der Waals surface area contributed by atoms with Crippen molar-refractivity contribution in [2.24, 2.45) is 0 Å². The summed E-state index contributed by atoms with van der Waals surface area (Å²) in [6, 6.07) is 4.23. The van der Waals surface area contributed by atoms with Crippen molar-refractivity contribution in [1.82, 2.24) is 4.31 Å². The van der Waals surface area contributed by atoms with Crippen molar-refractivity contribution >= 4 is 27.3 Å². The Labute approximate surface area is 113 Å². The molecule has 1 aromatic rings. The average Bonchev–Trinajstić information content (AvgIpc) is 2.28. The first-order valence-electron chi connectivity index (χ1n) is 5.48. The fourth-order valence-electron chi connectivity index (χ4n) is 1.56. The first kappa shape index (κ1) is 15.0. The van der Waals surface area contributed by atoms with Gasteiger partial charge in [0, 0.05) is 18.3 Å². The number of benzene rings is 1. The van der Waals surface area contributed by atoms with E-state index in [1.54, 1.807) is 19.9 Å². The molecule has 0 aliphatic rings. The Morgan fingerprint density at radius 1 is 1.50 bits per heavy atom. The summed E-state index contributed by atoms with van der Waals surface area (Å²) in [4.78, 5) is 0.0275. The second-order valence-electron chi connectivity index (χ2n) is 4.15. The molecule has 100 valence electrons. The summed E-state index contributed by atoms with van der Waals surface area (Å²) in [7, 11) is -3.67. The third-order valence-electron chi connectivity index (χ3n) is 2.43. The minimum Gasteiger partial charge on any atom is -0.399 e. The van der Waals surface area contributed by atoms with Crippen LogP contribution in [-0.2, 0) is 10.0 Å². The number of nitrogen functional groups attached to an aromatic ring is 1. The van der Waals surface area contributed by atoms with Crippen molar-refractivity contribution in [2.75, 3.05) is 12.3 Å². The van der Waals surface area contributed by atoms with Gasteiger partial charge in [-0.15, -0.1) is 6.58 Å². The van der Waals surface area contributed by atoms with Crippen LogP contribution >= 0.6 is 11.6 Å². The summed E-state index contributed by atoms with van der Waals surface area (Å²) in [5.41, 5.74) is 5.97.